The molecule has 0 N–H and O–H groups in total. The molecule has 0 amide bonds. The minimum Gasteiger partial charge on any atom is -0.255 e. The summed E-state index contributed by atoms with van der Waals surface area (Å²) < 4.78 is 0. The largest absolute Gasteiger partial charge is 0.255 e. The Morgan fingerprint density at radius 3 is 2.50 bits per heavy atom. The molecule has 2 aromatic heterocycles. The third-order valence-electron chi connectivity index (χ3n) is 2.99. The van der Waals surface area contributed by atoms with Gasteiger partial charge >= 0.3 is 0 Å². The third-order valence-corrected chi connectivity index (χ3v) is 4.30. The molecule has 84 valence electrons. The molecule has 0 spiro atoms. The van der Waals surface area contributed by atoms with Crippen LogP contribution in [0, 0.1) is 5.92 Å². The fourth-order valence-corrected chi connectivity index (χ4v) is 2.78. The Labute approximate surface area is 101 Å². The highest BCUT2D eigenvalue weighted by molar-refractivity contribution is 7.15. The van der Waals surface area contributed by atoms with Crippen molar-refractivity contribution < 1.29 is 0 Å². The van der Waals surface area contributed by atoms with Gasteiger partial charge in [0.1, 0.15) is 0 Å². The first-order valence-electron chi connectivity index (χ1n) is 5.69. The lowest BCUT2D eigenvalue weighted by molar-refractivity contribution is 0.542. The Kier molecular flexibility index (Phi) is 3.39. The molecule has 0 aliphatic heterocycles. The van der Waals surface area contributed by atoms with Gasteiger partial charge in [0.25, 0.3) is 0 Å². The second-order valence-corrected chi connectivity index (χ2v) is 5.57. The van der Waals surface area contributed by atoms with Gasteiger partial charge in [0.15, 0.2) is 0 Å². The van der Waals surface area contributed by atoms with Crippen molar-refractivity contribution >= 4 is 11.3 Å². The summed E-state index contributed by atoms with van der Waals surface area (Å²) in [6, 6.07) is 10.5. The van der Waals surface area contributed by atoms with Gasteiger partial charge in [-0.05, 0) is 36.1 Å². The number of hydrogen-bond donors (Lipinski definition) is 0. The standard InChI is InChI=1S/C14H17NS/c1-10(2)11(3)13-7-8-14(16-13)12-6-4-5-9-15-12/h4-11H,1-3H3/t11-/m0/s1. The van der Waals surface area contributed by atoms with E-state index in [1.54, 1.807) is 0 Å². The van der Waals surface area contributed by atoms with Gasteiger partial charge < -0.3 is 0 Å². The number of pyridine rings is 1. The van der Waals surface area contributed by atoms with Crippen molar-refractivity contribution in [1.82, 2.24) is 4.98 Å². The Bertz CT molecular complexity index is 445. The molecule has 0 radical (unpaired) electrons. The number of nitrogens with zero attached hydrogens (tertiary/aromatic N) is 1. The van der Waals surface area contributed by atoms with Gasteiger partial charge in [0.2, 0.25) is 0 Å². The highest BCUT2D eigenvalue weighted by atomic mass is 32.1. The molecule has 2 rings (SSSR count). The average molecular weight is 231 g/mol. The molecule has 1 atom stereocenters. The molecule has 0 saturated heterocycles. The van der Waals surface area contributed by atoms with Gasteiger partial charge in [-0.25, -0.2) is 0 Å². The quantitative estimate of drug-likeness (QED) is 0.754. The smallest absolute Gasteiger partial charge is 0.0801 e. The zero-order valence-electron chi connectivity index (χ0n) is 9.97. The molecule has 2 heteroatoms. The third kappa shape index (κ3) is 2.33. The van der Waals surface area contributed by atoms with E-state index < -0.39 is 0 Å². The summed E-state index contributed by atoms with van der Waals surface area (Å²) in [6.07, 6.45) is 1.85. The van der Waals surface area contributed by atoms with E-state index in [2.05, 4.69) is 44.0 Å². The van der Waals surface area contributed by atoms with E-state index >= 15 is 0 Å². The van der Waals surface area contributed by atoms with E-state index in [-0.39, 0.29) is 0 Å². The SMILES string of the molecule is CC(C)[C@H](C)c1ccc(-c2ccccn2)s1. The van der Waals surface area contributed by atoms with Crippen molar-refractivity contribution in [3.8, 4) is 10.6 Å². The van der Waals surface area contributed by atoms with Crippen LogP contribution in [0.3, 0.4) is 0 Å². The lowest BCUT2D eigenvalue weighted by atomic mass is 9.97. The number of thiophene rings is 1. The van der Waals surface area contributed by atoms with Crippen molar-refractivity contribution in [2.75, 3.05) is 0 Å². The van der Waals surface area contributed by atoms with E-state index in [0.29, 0.717) is 11.8 Å². The van der Waals surface area contributed by atoms with Crippen LogP contribution in [0.4, 0.5) is 0 Å². The predicted molar refractivity (Wildman–Crippen MR) is 70.8 cm³/mol. The van der Waals surface area contributed by atoms with Gasteiger partial charge in [-0.1, -0.05) is 26.8 Å². The monoisotopic (exact) mass is 231 g/mol. The van der Waals surface area contributed by atoms with Gasteiger partial charge in [-0.2, -0.15) is 0 Å². The van der Waals surface area contributed by atoms with Crippen LogP contribution in [0.25, 0.3) is 10.6 Å². The summed E-state index contributed by atoms with van der Waals surface area (Å²) in [4.78, 5) is 7.10. The van der Waals surface area contributed by atoms with Crippen molar-refractivity contribution in [3.63, 3.8) is 0 Å². The van der Waals surface area contributed by atoms with E-state index in [1.807, 2.05) is 29.7 Å². The topological polar surface area (TPSA) is 12.9 Å². The summed E-state index contributed by atoms with van der Waals surface area (Å²) in [6.45, 7) is 6.83. The normalized spacial score (nSPS) is 13.0. The molecule has 0 bridgehead atoms. The number of aromatic nitrogens is 1. The van der Waals surface area contributed by atoms with Crippen LogP contribution < -0.4 is 0 Å². The van der Waals surface area contributed by atoms with Crippen LogP contribution in [0.15, 0.2) is 36.5 Å². The molecule has 0 saturated carbocycles. The van der Waals surface area contributed by atoms with E-state index in [9.17, 15) is 0 Å². The average Bonchev–Trinajstić information content (AvgIpc) is 2.78. The van der Waals surface area contributed by atoms with Crippen molar-refractivity contribution in [3.05, 3.63) is 41.4 Å². The first-order chi connectivity index (χ1) is 7.68. The summed E-state index contributed by atoms with van der Waals surface area (Å²) in [5, 5.41) is 0. The highest BCUT2D eigenvalue weighted by Crippen LogP contribution is 2.34. The summed E-state index contributed by atoms with van der Waals surface area (Å²) in [5.74, 6) is 1.32. The fraction of sp³-hybridized carbons (Fsp3) is 0.357. The Morgan fingerprint density at radius 1 is 1.06 bits per heavy atom. The lowest BCUT2D eigenvalue weighted by Gasteiger charge is -2.12. The molecule has 1 nitrogen and oxygen atoms in total. The Balaban J connectivity index is 2.27. The molecule has 0 aliphatic carbocycles. The maximum Gasteiger partial charge on any atom is 0.0801 e. The van der Waals surface area contributed by atoms with Crippen LogP contribution in [0.1, 0.15) is 31.6 Å². The maximum atomic E-state index is 4.38. The predicted octanol–water partition coefficient (Wildman–Crippen LogP) is 4.57. The van der Waals surface area contributed by atoms with E-state index in [4.69, 9.17) is 0 Å². The molecular weight excluding hydrogens is 214 g/mol. The van der Waals surface area contributed by atoms with E-state index in [0.717, 1.165) is 5.69 Å². The minimum atomic E-state index is 0.627. The molecule has 0 unspecified atom stereocenters. The van der Waals surface area contributed by atoms with Crippen molar-refractivity contribution in [2.24, 2.45) is 5.92 Å². The first-order valence-corrected chi connectivity index (χ1v) is 6.51. The molecule has 0 aromatic carbocycles. The van der Waals surface area contributed by atoms with Crippen LogP contribution in [0.5, 0.6) is 0 Å². The minimum absolute atomic E-state index is 0.627. The fourth-order valence-electron chi connectivity index (χ4n) is 1.57. The van der Waals surface area contributed by atoms with Crippen molar-refractivity contribution in [1.29, 1.82) is 0 Å². The van der Waals surface area contributed by atoms with Gasteiger partial charge in [0, 0.05) is 11.1 Å². The second-order valence-electron chi connectivity index (χ2n) is 4.45. The lowest BCUT2D eigenvalue weighted by Crippen LogP contribution is -1.98. The molecule has 0 fully saturated rings. The zero-order chi connectivity index (χ0) is 11.5. The summed E-state index contributed by atoms with van der Waals surface area (Å²) in [5.41, 5.74) is 1.08. The van der Waals surface area contributed by atoms with Gasteiger partial charge in [-0.3, -0.25) is 4.98 Å². The highest BCUT2D eigenvalue weighted by Gasteiger charge is 2.13. The zero-order valence-corrected chi connectivity index (χ0v) is 10.8. The number of rotatable bonds is 3. The second kappa shape index (κ2) is 4.79. The van der Waals surface area contributed by atoms with Crippen LogP contribution in [-0.4, -0.2) is 4.98 Å². The molecular formula is C14H17NS. The summed E-state index contributed by atoms with van der Waals surface area (Å²) in [7, 11) is 0. The number of hydrogen-bond acceptors (Lipinski definition) is 2. The molecule has 2 heterocycles. The molecule has 16 heavy (non-hydrogen) atoms. The Morgan fingerprint density at radius 2 is 1.88 bits per heavy atom. The van der Waals surface area contributed by atoms with Crippen LogP contribution in [-0.2, 0) is 0 Å². The van der Waals surface area contributed by atoms with Crippen molar-refractivity contribution in [2.45, 2.75) is 26.7 Å². The molecule has 2 aromatic rings. The van der Waals surface area contributed by atoms with Crippen LogP contribution >= 0.6 is 11.3 Å². The Hall–Kier alpha value is -1.15. The maximum absolute atomic E-state index is 4.38. The first kappa shape index (κ1) is 11.3. The van der Waals surface area contributed by atoms with Gasteiger partial charge in [0.05, 0.1) is 10.6 Å². The van der Waals surface area contributed by atoms with Crippen LogP contribution in [0.2, 0.25) is 0 Å². The van der Waals surface area contributed by atoms with Gasteiger partial charge in [-0.15, -0.1) is 11.3 Å². The van der Waals surface area contributed by atoms with E-state index in [1.165, 1.54) is 9.75 Å². The molecule has 0 aliphatic rings. The summed E-state index contributed by atoms with van der Waals surface area (Å²) >= 11 is 1.86.